The SMILES string of the molecule is C=N/C=C(\C=C(/C)N1CCC(CN2CCN(CCOc3ccc(N4C(=S)N(c5ccc(C#N)c(C(F)(F)F)c5)C(=O)C4(C)C)cc3)CC2)CC1)n1ccc(=O)[nH]c1=O. The molecule has 17 heteroatoms. The Morgan fingerprint density at radius 1 is 1.02 bits per heavy atom. The zero-order valence-corrected chi connectivity index (χ0v) is 33.5. The number of H-pyrrole nitrogens is 1. The number of halogens is 3. The third-order valence-corrected chi connectivity index (χ3v) is 11.3. The molecule has 3 aliphatic rings. The summed E-state index contributed by atoms with van der Waals surface area (Å²) in [6.07, 6.45) is 2.16. The average molecular weight is 818 g/mol. The summed E-state index contributed by atoms with van der Waals surface area (Å²) in [7, 11) is 0. The van der Waals surface area contributed by atoms with E-state index in [-0.39, 0.29) is 10.8 Å². The lowest BCUT2D eigenvalue weighted by Crippen LogP contribution is -2.49. The Hall–Kier alpha value is -5.57. The number of carbonyl (C=O) groups is 1. The Kier molecular flexibility index (Phi) is 12.7. The molecule has 3 fully saturated rings. The first-order valence-corrected chi connectivity index (χ1v) is 19.4. The molecule has 3 aliphatic heterocycles. The highest BCUT2D eigenvalue weighted by atomic mass is 32.1. The summed E-state index contributed by atoms with van der Waals surface area (Å²) in [6.45, 7) is 16.8. The summed E-state index contributed by atoms with van der Waals surface area (Å²) in [5.74, 6) is 0.741. The van der Waals surface area contributed by atoms with Gasteiger partial charge in [-0.3, -0.25) is 33.9 Å². The van der Waals surface area contributed by atoms with E-state index in [1.54, 1.807) is 49.1 Å². The summed E-state index contributed by atoms with van der Waals surface area (Å²) in [5.41, 5.74) is -1.79. The average Bonchev–Trinajstić information content (AvgIpc) is 3.37. The zero-order valence-electron chi connectivity index (χ0n) is 32.7. The molecule has 3 aromatic rings. The first-order valence-electron chi connectivity index (χ1n) is 19.0. The van der Waals surface area contributed by atoms with Gasteiger partial charge in [0.25, 0.3) is 11.5 Å². The summed E-state index contributed by atoms with van der Waals surface area (Å²) in [6, 6.07) is 13.1. The van der Waals surface area contributed by atoms with Gasteiger partial charge in [0.1, 0.15) is 17.9 Å². The molecule has 306 valence electrons. The molecule has 1 amide bonds. The number of thiocarbonyl (C=S) groups is 1. The van der Waals surface area contributed by atoms with Crippen molar-refractivity contribution in [2.75, 3.05) is 68.8 Å². The molecular formula is C41H46F3N9O4S. The van der Waals surface area contributed by atoms with Crippen LogP contribution in [0.1, 0.15) is 44.7 Å². The summed E-state index contributed by atoms with van der Waals surface area (Å²) < 4.78 is 48.5. The van der Waals surface area contributed by atoms with E-state index < -0.39 is 40.0 Å². The van der Waals surface area contributed by atoms with Gasteiger partial charge in [0.05, 0.1) is 34.8 Å². The van der Waals surface area contributed by atoms with Crippen molar-refractivity contribution in [3.05, 3.63) is 105 Å². The van der Waals surface area contributed by atoms with Crippen LogP contribution in [0.3, 0.4) is 0 Å². The van der Waals surface area contributed by atoms with Crippen LogP contribution < -0.4 is 25.8 Å². The quantitative estimate of drug-likeness (QED) is 0.149. The van der Waals surface area contributed by atoms with Crippen molar-refractivity contribution < 1.29 is 22.7 Å². The molecule has 0 spiro atoms. The second-order valence-corrected chi connectivity index (χ2v) is 15.4. The number of likely N-dealkylation sites (tertiary alicyclic amines) is 1. The maximum atomic E-state index is 13.7. The number of nitriles is 1. The van der Waals surface area contributed by atoms with Gasteiger partial charge in [0.2, 0.25) is 0 Å². The number of aliphatic imine (C=N–C) groups is 1. The minimum Gasteiger partial charge on any atom is -0.492 e. The third-order valence-electron chi connectivity index (χ3n) is 10.9. The topological polar surface area (TPSA) is 134 Å². The molecule has 2 aromatic carbocycles. The van der Waals surface area contributed by atoms with E-state index in [0.29, 0.717) is 29.7 Å². The molecule has 3 saturated heterocycles. The standard InChI is InChI=1S/C41H46F3N9O4S/c1-28(23-33(26-46-4)51-16-13-36(54)47-38(51)56)50-14-11-29(12-15-50)27-49-19-17-48(18-20-49)21-22-57-34-9-7-31(8-10-34)53-39(58)52(37(55)40(53,2)3)32-6-5-30(25-45)35(24-32)41(42,43)44/h5-10,13,16,23-24,26,29H,4,11-12,14-15,17-22,27H2,1-3H3,(H,47,54,56)/b28-23+,33-26+. The van der Waals surface area contributed by atoms with Gasteiger partial charge in [-0.25, -0.2) is 4.79 Å². The van der Waals surface area contributed by atoms with E-state index >= 15 is 0 Å². The minimum atomic E-state index is -4.78. The molecule has 1 N–H and O–H groups in total. The van der Waals surface area contributed by atoms with Crippen LogP contribution in [0, 0.1) is 17.2 Å². The fraction of sp³-hybridized carbons (Fsp3) is 0.415. The molecule has 58 heavy (non-hydrogen) atoms. The first-order chi connectivity index (χ1) is 27.6. The molecule has 0 unspecified atom stereocenters. The number of carbonyl (C=O) groups excluding carboxylic acids is 1. The Bertz CT molecular complexity index is 2250. The van der Waals surface area contributed by atoms with Gasteiger partial charge in [0, 0.05) is 76.0 Å². The van der Waals surface area contributed by atoms with Crippen LogP contribution in [0.2, 0.25) is 0 Å². The lowest BCUT2D eigenvalue weighted by molar-refractivity contribution is -0.137. The molecule has 0 aliphatic carbocycles. The Morgan fingerprint density at radius 3 is 2.29 bits per heavy atom. The number of alkyl halides is 3. The minimum absolute atomic E-state index is 0.0302. The largest absolute Gasteiger partial charge is 0.492 e. The first kappa shape index (κ1) is 42.0. The fourth-order valence-electron chi connectivity index (χ4n) is 7.66. The highest BCUT2D eigenvalue weighted by molar-refractivity contribution is 7.81. The summed E-state index contributed by atoms with van der Waals surface area (Å²) in [4.78, 5) is 53.4. The number of benzene rings is 2. The molecular weight excluding hydrogens is 772 g/mol. The van der Waals surface area contributed by atoms with Gasteiger partial charge in [0.15, 0.2) is 5.11 Å². The van der Waals surface area contributed by atoms with Crippen molar-refractivity contribution in [1.82, 2.24) is 24.3 Å². The monoisotopic (exact) mass is 817 g/mol. The highest BCUT2D eigenvalue weighted by Crippen LogP contribution is 2.40. The van der Waals surface area contributed by atoms with E-state index in [4.69, 9.17) is 17.0 Å². The number of rotatable bonds is 12. The van der Waals surface area contributed by atoms with Crippen LogP contribution >= 0.6 is 12.2 Å². The number of nitrogens with zero attached hydrogens (tertiary/aromatic N) is 8. The van der Waals surface area contributed by atoms with Gasteiger partial charge in [-0.1, -0.05) is 0 Å². The summed E-state index contributed by atoms with van der Waals surface area (Å²) in [5, 5.41) is 9.23. The molecule has 4 heterocycles. The van der Waals surface area contributed by atoms with E-state index in [9.17, 15) is 32.8 Å². The van der Waals surface area contributed by atoms with Crippen molar-refractivity contribution in [3.8, 4) is 11.8 Å². The number of ether oxygens (including phenoxy) is 1. The van der Waals surface area contributed by atoms with Crippen LogP contribution in [-0.4, -0.2) is 106 Å². The highest BCUT2D eigenvalue weighted by Gasteiger charge is 2.50. The molecule has 0 saturated carbocycles. The van der Waals surface area contributed by atoms with E-state index in [1.807, 2.05) is 13.0 Å². The number of aromatic nitrogens is 2. The van der Waals surface area contributed by atoms with Gasteiger partial charge < -0.3 is 19.4 Å². The maximum absolute atomic E-state index is 13.7. The number of nitrogens with one attached hydrogen (secondary N) is 1. The van der Waals surface area contributed by atoms with Crippen molar-refractivity contribution in [1.29, 1.82) is 5.26 Å². The number of amides is 1. The molecule has 0 atom stereocenters. The van der Waals surface area contributed by atoms with Crippen molar-refractivity contribution in [3.63, 3.8) is 0 Å². The second-order valence-electron chi connectivity index (χ2n) is 15.1. The third kappa shape index (κ3) is 9.25. The Labute approximate surface area is 339 Å². The number of allylic oxidation sites excluding steroid dienone is 3. The smallest absolute Gasteiger partial charge is 0.417 e. The van der Waals surface area contributed by atoms with Crippen LogP contribution in [-0.2, 0) is 11.0 Å². The zero-order chi connectivity index (χ0) is 41.8. The lowest BCUT2D eigenvalue weighted by atomic mass is 9.95. The number of anilines is 2. The molecule has 13 nitrogen and oxygen atoms in total. The number of piperazine rings is 1. The molecule has 0 radical (unpaired) electrons. The molecule has 0 bridgehead atoms. The lowest BCUT2D eigenvalue weighted by Gasteiger charge is -2.39. The van der Waals surface area contributed by atoms with Crippen LogP contribution in [0.25, 0.3) is 5.70 Å². The molecule has 6 rings (SSSR count). The van der Waals surface area contributed by atoms with Crippen molar-refractivity contribution in [2.45, 2.75) is 45.3 Å². The van der Waals surface area contributed by atoms with Crippen LogP contribution in [0.4, 0.5) is 24.5 Å². The second kappa shape index (κ2) is 17.5. The molecule has 1 aromatic heterocycles. The van der Waals surface area contributed by atoms with Gasteiger partial charge in [-0.15, -0.1) is 0 Å². The Morgan fingerprint density at radius 2 is 1.67 bits per heavy atom. The number of piperidine rings is 1. The predicted molar refractivity (Wildman–Crippen MR) is 221 cm³/mol. The van der Waals surface area contributed by atoms with Gasteiger partial charge in [-0.05, 0) is 107 Å². The van der Waals surface area contributed by atoms with E-state index in [1.165, 1.54) is 29.1 Å². The van der Waals surface area contributed by atoms with Gasteiger partial charge >= 0.3 is 11.9 Å². The Balaban J connectivity index is 0.948. The van der Waals surface area contributed by atoms with E-state index in [2.05, 4.69) is 31.4 Å². The number of hydrogen-bond donors (Lipinski definition) is 1. The van der Waals surface area contributed by atoms with Crippen LogP contribution in [0.15, 0.2) is 87.3 Å². The number of aromatic amines is 1. The van der Waals surface area contributed by atoms with E-state index in [0.717, 1.165) is 87.9 Å². The maximum Gasteiger partial charge on any atom is 0.417 e. The van der Waals surface area contributed by atoms with Crippen molar-refractivity contribution >= 4 is 47.0 Å². The number of hydrogen-bond acceptors (Lipinski definition) is 10. The normalized spacial score (nSPS) is 18.8. The van der Waals surface area contributed by atoms with Gasteiger partial charge in [-0.2, -0.15) is 18.4 Å². The van der Waals surface area contributed by atoms with Crippen LogP contribution in [0.5, 0.6) is 5.75 Å². The predicted octanol–water partition coefficient (Wildman–Crippen LogP) is 5.16. The fourth-order valence-corrected chi connectivity index (χ4v) is 8.18. The summed E-state index contributed by atoms with van der Waals surface area (Å²) >= 11 is 5.65. The van der Waals surface area contributed by atoms with Crippen molar-refractivity contribution in [2.24, 2.45) is 10.9 Å².